The molecule has 116 valence electrons. The third-order valence-electron chi connectivity index (χ3n) is 2.85. The van der Waals surface area contributed by atoms with Gasteiger partial charge in [0.05, 0.1) is 14.1 Å². The molecule has 21 heavy (non-hydrogen) atoms. The van der Waals surface area contributed by atoms with E-state index in [9.17, 15) is 4.55 Å². The predicted octanol–water partition coefficient (Wildman–Crippen LogP) is 5.52. The second-order valence-corrected chi connectivity index (χ2v) is 12.6. The summed E-state index contributed by atoms with van der Waals surface area (Å²) in [5.41, 5.74) is 0. The van der Waals surface area contributed by atoms with Crippen LogP contribution >= 0.6 is 54.5 Å². The first kappa shape index (κ1) is 18.0. The number of rotatable bonds is 5. The molecule has 0 aromatic carbocycles. The Kier molecular flexibility index (Phi) is 6.39. The van der Waals surface area contributed by atoms with Crippen LogP contribution in [0.15, 0.2) is 31.8 Å². The van der Waals surface area contributed by atoms with E-state index < -0.39 is 11.4 Å². The number of hydrogen-bond donors (Lipinski definition) is 1. The quantitative estimate of drug-likeness (QED) is 0.584. The van der Waals surface area contributed by atoms with Gasteiger partial charge in [-0.1, -0.05) is 0 Å². The van der Waals surface area contributed by atoms with Gasteiger partial charge in [0, 0.05) is 27.0 Å². The molecule has 2 nitrogen and oxygen atoms in total. The molecule has 0 radical (unpaired) electrons. The van der Waals surface area contributed by atoms with E-state index in [-0.39, 0.29) is 10.7 Å². The number of hydrogen-bond acceptors (Lipinski definition) is 4. The summed E-state index contributed by atoms with van der Waals surface area (Å²) in [5.74, 6) is 0.226. The largest absolute Gasteiger partial charge is 0.598 e. The Hall–Kier alpha value is 0.630. The Morgan fingerprint density at radius 3 is 1.90 bits per heavy atom. The normalized spacial score (nSPS) is 13.9. The van der Waals surface area contributed by atoms with Crippen LogP contribution in [-0.4, -0.2) is 15.8 Å². The van der Waals surface area contributed by atoms with Crippen molar-refractivity contribution >= 4 is 65.9 Å². The van der Waals surface area contributed by atoms with E-state index in [1.54, 1.807) is 22.7 Å². The van der Waals surface area contributed by atoms with E-state index in [1.165, 1.54) is 9.75 Å². The highest BCUT2D eigenvalue weighted by atomic mass is 79.9. The summed E-state index contributed by atoms with van der Waals surface area (Å²) in [5, 5.41) is 0. The fourth-order valence-electron chi connectivity index (χ4n) is 1.75. The van der Waals surface area contributed by atoms with E-state index in [0.717, 1.165) is 7.57 Å². The lowest BCUT2D eigenvalue weighted by Gasteiger charge is -2.25. The van der Waals surface area contributed by atoms with Gasteiger partial charge in [0.25, 0.3) is 0 Å². The summed E-state index contributed by atoms with van der Waals surface area (Å²) < 4.78 is 17.4. The Bertz CT molecular complexity index is 551. The molecule has 0 amide bonds. The maximum Gasteiger partial charge on any atom is 0.136 e. The molecule has 0 aliphatic rings. The molecule has 2 aromatic heterocycles. The van der Waals surface area contributed by atoms with Crippen LogP contribution < -0.4 is 4.72 Å². The fraction of sp³-hybridized carbons (Fsp3) is 0.429. The van der Waals surface area contributed by atoms with Gasteiger partial charge in [0.1, 0.15) is 4.75 Å². The van der Waals surface area contributed by atoms with Gasteiger partial charge >= 0.3 is 0 Å². The van der Waals surface area contributed by atoms with E-state index in [1.807, 2.05) is 20.8 Å². The van der Waals surface area contributed by atoms with Crippen molar-refractivity contribution in [3.63, 3.8) is 0 Å². The zero-order chi connectivity index (χ0) is 15.6. The molecule has 7 heteroatoms. The highest BCUT2D eigenvalue weighted by molar-refractivity contribution is 9.11. The predicted molar refractivity (Wildman–Crippen MR) is 102 cm³/mol. The minimum absolute atomic E-state index is 0.226. The third-order valence-corrected chi connectivity index (χ3v) is 7.87. The molecule has 2 heterocycles. The van der Waals surface area contributed by atoms with Crippen LogP contribution in [-0.2, 0) is 11.4 Å². The van der Waals surface area contributed by atoms with Gasteiger partial charge in [-0.3, -0.25) is 0 Å². The zero-order valence-corrected chi connectivity index (χ0v) is 17.6. The van der Waals surface area contributed by atoms with Crippen molar-refractivity contribution in [2.45, 2.75) is 31.4 Å². The topological polar surface area (TPSA) is 35.1 Å². The molecule has 1 N–H and O–H groups in total. The number of thiophene rings is 2. The molecular formula is C14H17Br2NOS3. The van der Waals surface area contributed by atoms with Crippen molar-refractivity contribution < 1.29 is 4.55 Å². The molecule has 0 spiro atoms. The van der Waals surface area contributed by atoms with Gasteiger partial charge in [-0.15, -0.1) is 27.4 Å². The molecule has 0 fully saturated rings. The lowest BCUT2D eigenvalue weighted by molar-refractivity contribution is 0.542. The first-order chi connectivity index (χ1) is 9.77. The smallest absolute Gasteiger partial charge is 0.136 e. The van der Waals surface area contributed by atoms with Crippen molar-refractivity contribution in [1.29, 1.82) is 0 Å². The van der Waals surface area contributed by atoms with E-state index in [0.29, 0.717) is 6.54 Å². The molecule has 0 saturated carbocycles. The van der Waals surface area contributed by atoms with Crippen molar-refractivity contribution in [1.82, 2.24) is 4.72 Å². The molecule has 1 unspecified atom stereocenters. The average Bonchev–Trinajstić information content (AvgIpc) is 2.98. The van der Waals surface area contributed by atoms with Gasteiger partial charge in [0.2, 0.25) is 0 Å². The fourth-order valence-corrected chi connectivity index (χ4v) is 5.66. The van der Waals surface area contributed by atoms with Crippen LogP contribution in [0.25, 0.3) is 0 Å². The van der Waals surface area contributed by atoms with Crippen LogP contribution in [0.3, 0.4) is 0 Å². The maximum absolute atomic E-state index is 12.2. The SMILES string of the molecule is CC(C)(C)[S+]([O-])NCC(c1ccc(Br)s1)c1ccc(Br)s1. The van der Waals surface area contributed by atoms with Gasteiger partial charge in [0.15, 0.2) is 0 Å². The first-order valence-electron chi connectivity index (χ1n) is 6.43. The summed E-state index contributed by atoms with van der Waals surface area (Å²) in [6.45, 7) is 6.61. The summed E-state index contributed by atoms with van der Waals surface area (Å²) in [7, 11) is 0. The van der Waals surface area contributed by atoms with Crippen LogP contribution in [0, 0.1) is 0 Å². The van der Waals surface area contributed by atoms with Gasteiger partial charge in [-0.2, -0.15) is 0 Å². The lowest BCUT2D eigenvalue weighted by Crippen LogP contribution is -2.41. The second kappa shape index (κ2) is 7.47. The van der Waals surface area contributed by atoms with E-state index >= 15 is 0 Å². The monoisotopic (exact) mass is 469 g/mol. The third kappa shape index (κ3) is 5.06. The number of halogens is 2. The maximum atomic E-state index is 12.2. The van der Waals surface area contributed by atoms with Crippen LogP contribution in [0.2, 0.25) is 0 Å². The summed E-state index contributed by atoms with van der Waals surface area (Å²) in [6.07, 6.45) is 0. The molecule has 1 atom stereocenters. The lowest BCUT2D eigenvalue weighted by atomic mass is 10.1. The minimum atomic E-state index is -1.06. The molecule has 0 bridgehead atoms. The Morgan fingerprint density at radius 1 is 1.10 bits per heavy atom. The number of nitrogens with one attached hydrogen (secondary N) is 1. The van der Waals surface area contributed by atoms with Gasteiger partial charge < -0.3 is 4.55 Å². The molecule has 2 rings (SSSR count). The van der Waals surface area contributed by atoms with E-state index in [2.05, 4.69) is 60.8 Å². The minimum Gasteiger partial charge on any atom is -0.598 e. The van der Waals surface area contributed by atoms with Crippen molar-refractivity contribution in [3.8, 4) is 0 Å². The van der Waals surface area contributed by atoms with Gasteiger partial charge in [-0.25, -0.2) is 0 Å². The average molecular weight is 471 g/mol. The molecule has 0 saturated heterocycles. The molecule has 0 aliphatic carbocycles. The second-order valence-electron chi connectivity index (χ2n) is 5.57. The van der Waals surface area contributed by atoms with Crippen molar-refractivity contribution in [2.75, 3.05) is 6.54 Å². The van der Waals surface area contributed by atoms with Crippen molar-refractivity contribution in [3.05, 3.63) is 41.6 Å². The van der Waals surface area contributed by atoms with Crippen LogP contribution in [0.1, 0.15) is 36.4 Å². The summed E-state index contributed by atoms with van der Waals surface area (Å²) in [4.78, 5) is 2.55. The Morgan fingerprint density at radius 2 is 1.57 bits per heavy atom. The van der Waals surface area contributed by atoms with Gasteiger partial charge in [-0.05, 0) is 76.9 Å². The highest BCUT2D eigenvalue weighted by Gasteiger charge is 2.28. The van der Waals surface area contributed by atoms with Crippen LogP contribution in [0.5, 0.6) is 0 Å². The summed E-state index contributed by atoms with van der Waals surface area (Å²) in [6, 6.07) is 8.40. The Balaban J connectivity index is 2.17. The van der Waals surface area contributed by atoms with E-state index in [4.69, 9.17) is 0 Å². The molecular weight excluding hydrogens is 454 g/mol. The molecule has 2 aromatic rings. The Labute approximate surface area is 153 Å². The van der Waals surface area contributed by atoms with Crippen molar-refractivity contribution in [2.24, 2.45) is 0 Å². The zero-order valence-electron chi connectivity index (χ0n) is 12.0. The first-order valence-corrected chi connectivity index (χ1v) is 10.8. The summed E-state index contributed by atoms with van der Waals surface area (Å²) >= 11 is 9.44. The highest BCUT2D eigenvalue weighted by Crippen LogP contribution is 2.37. The standard InChI is InChI=1S/C14H17Br2NOS3/c1-14(2,3)21(18)17-8-9(10-4-6-12(15)19-10)11-5-7-13(16)20-11/h4-7,9,17H,8H2,1-3H3. The molecule has 0 aliphatic heterocycles. The van der Waals surface area contributed by atoms with Crippen LogP contribution in [0.4, 0.5) is 0 Å².